The highest BCUT2D eigenvalue weighted by atomic mass is 16.6. The Kier molecular flexibility index (Phi) is 4.01. The van der Waals surface area contributed by atoms with Crippen molar-refractivity contribution in [1.29, 1.82) is 0 Å². The first kappa shape index (κ1) is 9.46. The van der Waals surface area contributed by atoms with E-state index in [1.54, 1.807) is 0 Å². The summed E-state index contributed by atoms with van der Waals surface area (Å²) in [6, 6.07) is 0. The highest BCUT2D eigenvalue weighted by Crippen LogP contribution is 2.28. The third-order valence-electron chi connectivity index (χ3n) is 2.09. The zero-order valence-corrected chi connectivity index (χ0v) is 7.53. The van der Waals surface area contributed by atoms with Crippen LogP contribution < -0.4 is 0 Å². The summed E-state index contributed by atoms with van der Waals surface area (Å²) < 4.78 is 5.32. The molecule has 0 aromatic heterocycles. The van der Waals surface area contributed by atoms with Crippen LogP contribution in [0.5, 0.6) is 0 Å². The van der Waals surface area contributed by atoms with Crippen LogP contribution in [0.1, 0.15) is 32.6 Å². The van der Waals surface area contributed by atoms with Crippen molar-refractivity contribution in [2.24, 2.45) is 0 Å². The summed E-state index contributed by atoms with van der Waals surface area (Å²) in [6.45, 7) is 2.19. The minimum Gasteiger partial charge on any atom is -0.365 e. The van der Waals surface area contributed by atoms with Gasteiger partial charge in [0.15, 0.2) is 0 Å². The molecule has 2 heteroatoms. The Bertz CT molecular complexity index is 163. The highest BCUT2D eigenvalue weighted by molar-refractivity contribution is 5.64. The number of rotatable bonds is 6. The van der Waals surface area contributed by atoms with Gasteiger partial charge in [-0.25, -0.2) is 0 Å². The van der Waals surface area contributed by atoms with Crippen LogP contribution in [0.25, 0.3) is 0 Å². The summed E-state index contributed by atoms with van der Waals surface area (Å²) in [5, 5.41) is 0. The van der Waals surface area contributed by atoms with Crippen LogP contribution in [0.4, 0.5) is 0 Å². The molecule has 0 aromatic rings. The normalized spacial score (nSPS) is 27.8. The van der Waals surface area contributed by atoms with E-state index < -0.39 is 0 Å². The van der Waals surface area contributed by atoms with E-state index in [1.165, 1.54) is 25.3 Å². The molecule has 0 N–H and O–H groups in total. The lowest BCUT2D eigenvalue weighted by atomic mass is 10.1. The summed E-state index contributed by atoms with van der Waals surface area (Å²) in [5.41, 5.74) is 0. The lowest BCUT2D eigenvalue weighted by Gasteiger charge is -1.91. The van der Waals surface area contributed by atoms with Gasteiger partial charge in [0.2, 0.25) is 0 Å². The summed E-state index contributed by atoms with van der Waals surface area (Å²) in [5.74, 6) is 0. The van der Waals surface area contributed by atoms with E-state index in [1.807, 2.05) is 6.08 Å². The maximum absolute atomic E-state index is 9.96. The highest BCUT2D eigenvalue weighted by Gasteiger charge is 2.35. The molecule has 1 aliphatic heterocycles. The first-order valence-electron chi connectivity index (χ1n) is 4.66. The van der Waals surface area contributed by atoms with Gasteiger partial charge in [0, 0.05) is 0 Å². The molecule has 1 aliphatic rings. The smallest absolute Gasteiger partial charge is 0.142 e. The van der Waals surface area contributed by atoms with Gasteiger partial charge in [0.25, 0.3) is 0 Å². The molecule has 1 heterocycles. The summed E-state index contributed by atoms with van der Waals surface area (Å²) in [7, 11) is 0. The fraction of sp³-hybridized carbons (Fsp3) is 0.700. The zero-order valence-electron chi connectivity index (χ0n) is 7.53. The van der Waals surface area contributed by atoms with Crippen LogP contribution in [0, 0.1) is 0 Å². The van der Waals surface area contributed by atoms with Gasteiger partial charge in [-0.3, -0.25) is 4.79 Å². The fourth-order valence-corrected chi connectivity index (χ4v) is 1.31. The summed E-state index contributed by atoms with van der Waals surface area (Å²) in [6.07, 6.45) is 9.69. The van der Waals surface area contributed by atoms with Gasteiger partial charge in [-0.2, -0.15) is 0 Å². The van der Waals surface area contributed by atoms with Crippen molar-refractivity contribution in [2.75, 3.05) is 0 Å². The molecule has 2 atom stereocenters. The predicted octanol–water partition coefficient (Wildman–Crippen LogP) is 2.09. The number of hydrogen-bond acceptors (Lipinski definition) is 2. The monoisotopic (exact) mass is 168 g/mol. The van der Waals surface area contributed by atoms with Gasteiger partial charge in [-0.15, -0.1) is 0 Å². The van der Waals surface area contributed by atoms with Crippen LogP contribution in [0.2, 0.25) is 0 Å². The third-order valence-corrected chi connectivity index (χ3v) is 2.09. The fourth-order valence-electron chi connectivity index (χ4n) is 1.31. The standard InChI is InChI=1S/C10H16O2/c1-2-3-4-6-9-10(12-9)7-5-8-11/h5,7-10H,2-4,6H2,1H3/b7-5+. The van der Waals surface area contributed by atoms with Gasteiger partial charge in [0.1, 0.15) is 12.4 Å². The maximum atomic E-state index is 9.96. The largest absolute Gasteiger partial charge is 0.365 e. The second kappa shape index (κ2) is 5.09. The van der Waals surface area contributed by atoms with E-state index in [4.69, 9.17) is 4.74 Å². The average Bonchev–Trinajstić information content (AvgIpc) is 2.81. The minimum absolute atomic E-state index is 0.229. The SMILES string of the molecule is CCCCCC1OC1/C=C/C=O. The quantitative estimate of drug-likeness (QED) is 0.263. The van der Waals surface area contributed by atoms with Crippen LogP contribution in [0.15, 0.2) is 12.2 Å². The van der Waals surface area contributed by atoms with Crippen LogP contribution in [0.3, 0.4) is 0 Å². The average molecular weight is 168 g/mol. The first-order chi connectivity index (χ1) is 5.88. The Hall–Kier alpha value is -0.630. The van der Waals surface area contributed by atoms with Gasteiger partial charge >= 0.3 is 0 Å². The number of aldehydes is 1. The van der Waals surface area contributed by atoms with Crippen molar-refractivity contribution in [1.82, 2.24) is 0 Å². The first-order valence-corrected chi connectivity index (χ1v) is 4.66. The lowest BCUT2D eigenvalue weighted by Crippen LogP contribution is -1.90. The van der Waals surface area contributed by atoms with E-state index in [0.29, 0.717) is 6.10 Å². The molecule has 1 fully saturated rings. The maximum Gasteiger partial charge on any atom is 0.142 e. The second-order valence-electron chi connectivity index (χ2n) is 3.16. The molecule has 0 bridgehead atoms. The third kappa shape index (κ3) is 3.18. The topological polar surface area (TPSA) is 29.6 Å². The van der Waals surface area contributed by atoms with E-state index in [2.05, 4.69) is 6.92 Å². The van der Waals surface area contributed by atoms with E-state index in [-0.39, 0.29) is 6.10 Å². The summed E-state index contributed by atoms with van der Waals surface area (Å²) >= 11 is 0. The summed E-state index contributed by atoms with van der Waals surface area (Å²) in [4.78, 5) is 9.96. The predicted molar refractivity (Wildman–Crippen MR) is 48.0 cm³/mol. The molecular weight excluding hydrogens is 152 g/mol. The van der Waals surface area contributed by atoms with Crippen molar-refractivity contribution in [2.45, 2.75) is 44.8 Å². The van der Waals surface area contributed by atoms with Crippen molar-refractivity contribution in [3.8, 4) is 0 Å². The molecule has 2 nitrogen and oxygen atoms in total. The molecule has 0 aliphatic carbocycles. The molecule has 1 saturated heterocycles. The minimum atomic E-state index is 0.229. The Morgan fingerprint density at radius 3 is 2.92 bits per heavy atom. The van der Waals surface area contributed by atoms with Crippen LogP contribution in [-0.2, 0) is 9.53 Å². The van der Waals surface area contributed by atoms with Gasteiger partial charge in [-0.05, 0) is 12.5 Å². The Morgan fingerprint density at radius 2 is 2.25 bits per heavy atom. The molecule has 68 valence electrons. The number of carbonyl (C=O) groups excluding carboxylic acids is 1. The second-order valence-corrected chi connectivity index (χ2v) is 3.16. The number of allylic oxidation sites excluding steroid dienone is 1. The van der Waals surface area contributed by atoms with Crippen molar-refractivity contribution < 1.29 is 9.53 Å². The Labute approximate surface area is 73.6 Å². The molecule has 0 radical (unpaired) electrons. The molecule has 12 heavy (non-hydrogen) atoms. The van der Waals surface area contributed by atoms with E-state index >= 15 is 0 Å². The van der Waals surface area contributed by atoms with Crippen molar-refractivity contribution >= 4 is 6.29 Å². The van der Waals surface area contributed by atoms with Gasteiger partial charge in [0.05, 0.1) is 6.10 Å². The zero-order chi connectivity index (χ0) is 8.81. The Morgan fingerprint density at radius 1 is 1.42 bits per heavy atom. The van der Waals surface area contributed by atoms with Crippen LogP contribution >= 0.6 is 0 Å². The molecule has 2 unspecified atom stereocenters. The van der Waals surface area contributed by atoms with Crippen molar-refractivity contribution in [3.63, 3.8) is 0 Å². The molecule has 0 aromatic carbocycles. The number of unbranched alkanes of at least 4 members (excludes halogenated alkanes) is 2. The Balaban J connectivity index is 2.00. The lowest BCUT2D eigenvalue weighted by molar-refractivity contribution is -0.104. The van der Waals surface area contributed by atoms with E-state index in [0.717, 1.165) is 12.7 Å². The van der Waals surface area contributed by atoms with Crippen molar-refractivity contribution in [3.05, 3.63) is 12.2 Å². The van der Waals surface area contributed by atoms with Gasteiger partial charge in [-0.1, -0.05) is 32.3 Å². The van der Waals surface area contributed by atoms with E-state index in [9.17, 15) is 4.79 Å². The number of epoxide rings is 1. The molecule has 0 saturated carbocycles. The van der Waals surface area contributed by atoms with Gasteiger partial charge < -0.3 is 4.74 Å². The molecule has 0 spiro atoms. The molecule has 1 rings (SSSR count). The molecular formula is C10H16O2. The number of hydrogen-bond donors (Lipinski definition) is 0. The molecule has 0 amide bonds. The van der Waals surface area contributed by atoms with Crippen LogP contribution in [-0.4, -0.2) is 18.5 Å². The number of carbonyl (C=O) groups is 1. The number of ether oxygens (including phenoxy) is 1.